The number of carbonyl (C=O) groups excluding carboxylic acids is 3. The van der Waals surface area contributed by atoms with Crippen LogP contribution in [0.5, 0.6) is 0 Å². The van der Waals surface area contributed by atoms with Gasteiger partial charge in [-0.1, -0.05) is 18.2 Å². The average Bonchev–Trinajstić information content (AvgIpc) is 3.00. The largest absolute Gasteiger partial charge is 0.343 e. The third kappa shape index (κ3) is 2.77. The summed E-state index contributed by atoms with van der Waals surface area (Å²) in [6.45, 7) is 0.615. The van der Waals surface area contributed by atoms with Crippen molar-refractivity contribution in [1.82, 2.24) is 10.2 Å². The Morgan fingerprint density at radius 2 is 2.12 bits per heavy atom. The third-order valence-corrected chi connectivity index (χ3v) is 5.52. The molecule has 3 heterocycles. The number of carbonyl (C=O) groups is 3. The van der Waals surface area contributed by atoms with Crippen LogP contribution in [0.1, 0.15) is 32.1 Å². The van der Waals surface area contributed by atoms with E-state index in [-0.39, 0.29) is 23.6 Å². The van der Waals surface area contributed by atoms with Crippen molar-refractivity contribution in [1.29, 1.82) is 0 Å². The maximum atomic E-state index is 12.8. The first kappa shape index (κ1) is 16.8. The summed E-state index contributed by atoms with van der Waals surface area (Å²) in [5.74, 6) is -0.349. The van der Waals surface area contributed by atoms with Crippen molar-refractivity contribution in [3.8, 4) is 0 Å². The number of rotatable bonds is 3. The van der Waals surface area contributed by atoms with E-state index in [0.717, 1.165) is 11.2 Å². The summed E-state index contributed by atoms with van der Waals surface area (Å²) in [5, 5.41) is 13.0. The van der Waals surface area contributed by atoms with Gasteiger partial charge in [-0.05, 0) is 36.5 Å². The zero-order chi connectivity index (χ0) is 18.3. The smallest absolute Gasteiger partial charge is 0.264 e. The lowest BCUT2D eigenvalue weighted by molar-refractivity contribution is -0.787. The summed E-state index contributed by atoms with van der Waals surface area (Å²) in [6.07, 6.45) is 11.8. The van der Waals surface area contributed by atoms with Gasteiger partial charge in [-0.25, -0.2) is 0 Å². The van der Waals surface area contributed by atoms with Crippen LogP contribution in [0.4, 0.5) is 0 Å². The molecule has 3 aliphatic heterocycles. The van der Waals surface area contributed by atoms with Crippen molar-refractivity contribution in [3.63, 3.8) is 0 Å². The maximum absolute atomic E-state index is 12.8. The monoisotopic (exact) mass is 356 g/mol. The van der Waals surface area contributed by atoms with Crippen LogP contribution in [-0.2, 0) is 14.4 Å². The quantitative estimate of drug-likeness (QED) is 0.569. The van der Waals surface area contributed by atoms with Crippen LogP contribution in [0.2, 0.25) is 0 Å². The van der Waals surface area contributed by atoms with Gasteiger partial charge in [0.15, 0.2) is 0 Å². The Hall–Kier alpha value is -2.70. The fourth-order valence-corrected chi connectivity index (χ4v) is 4.15. The minimum atomic E-state index is -0.738. The van der Waals surface area contributed by atoms with E-state index in [9.17, 15) is 19.6 Å². The van der Waals surface area contributed by atoms with Crippen molar-refractivity contribution in [2.24, 2.45) is 0 Å². The van der Waals surface area contributed by atoms with E-state index in [2.05, 4.69) is 5.32 Å². The molecule has 3 atom stereocenters. The van der Waals surface area contributed by atoms with E-state index in [4.69, 9.17) is 0 Å². The molecule has 0 bridgehead atoms. The Morgan fingerprint density at radius 3 is 2.96 bits per heavy atom. The van der Waals surface area contributed by atoms with Crippen LogP contribution in [-0.4, -0.2) is 63.3 Å². The first-order valence-electron chi connectivity index (χ1n) is 9.11. The molecule has 1 aliphatic carbocycles. The molecule has 7 heteroatoms. The van der Waals surface area contributed by atoms with Gasteiger partial charge in [0, 0.05) is 18.5 Å². The molecule has 0 aromatic carbocycles. The summed E-state index contributed by atoms with van der Waals surface area (Å²) in [6, 6.07) is -1.70. The van der Waals surface area contributed by atoms with Crippen molar-refractivity contribution in [2.75, 3.05) is 6.54 Å². The fourth-order valence-electron chi connectivity index (χ4n) is 4.15. The van der Waals surface area contributed by atoms with Crippen LogP contribution in [0, 0.1) is 0 Å². The Labute approximate surface area is 151 Å². The maximum Gasteiger partial charge on any atom is 0.264 e. The molecule has 0 aromatic heterocycles. The molecule has 2 amide bonds. The molecule has 2 saturated heterocycles. The molecule has 2 N–H and O–H groups in total. The van der Waals surface area contributed by atoms with E-state index in [0.29, 0.717) is 43.4 Å². The summed E-state index contributed by atoms with van der Waals surface area (Å²) in [5.41, 5.74) is 1.29. The number of hydroxylamine groups is 1. The number of hydrogen-bond acceptors (Lipinski definition) is 4. The summed E-state index contributed by atoms with van der Waals surface area (Å²) >= 11 is 0. The van der Waals surface area contributed by atoms with E-state index in [1.165, 1.54) is 0 Å². The van der Waals surface area contributed by atoms with Crippen LogP contribution < -0.4 is 5.32 Å². The first-order chi connectivity index (χ1) is 12.6. The molecule has 1 unspecified atom stereocenters. The zero-order valence-electron chi connectivity index (χ0n) is 14.4. The molecule has 2 fully saturated rings. The molecule has 136 valence electrons. The second-order valence-corrected chi connectivity index (χ2v) is 7.12. The Bertz CT molecular complexity index is 793. The molecule has 4 rings (SSSR count). The normalized spacial score (nSPS) is 30.8. The molecular formula is C19H22N3O4+. The number of allylic oxidation sites excluding steroid dienone is 5. The number of fused-ring (bicyclic) bond motifs is 2. The first-order valence-corrected chi connectivity index (χ1v) is 9.11. The predicted molar refractivity (Wildman–Crippen MR) is 92.7 cm³/mol. The van der Waals surface area contributed by atoms with E-state index in [1.807, 2.05) is 18.2 Å². The predicted octanol–water partition coefficient (Wildman–Crippen LogP) is 0.492. The van der Waals surface area contributed by atoms with E-state index < -0.39 is 12.1 Å². The lowest BCUT2D eigenvalue weighted by Crippen LogP contribution is -2.61. The van der Waals surface area contributed by atoms with Gasteiger partial charge in [-0.3, -0.25) is 19.6 Å². The lowest BCUT2D eigenvalue weighted by Gasteiger charge is -2.34. The van der Waals surface area contributed by atoms with Gasteiger partial charge in [0.1, 0.15) is 12.1 Å². The number of nitrogens with one attached hydrogen (secondary N) is 1. The highest BCUT2D eigenvalue weighted by atomic mass is 16.5. The standard InChI is InChI=1S/C19H21N3O4/c23-17-13-6-3-1-2-5-12(13)11-22(26)15(17)9-8-14-19(25)21-10-4-7-16(21)18(24)20-14/h1-2,5-6,11,14-16H,3-4,7-10H2,(H-,20,24,26)/p+1/t14-,15?,16-/m0/s1. The van der Waals surface area contributed by atoms with Gasteiger partial charge in [-0.15, -0.1) is 0 Å². The highest BCUT2D eigenvalue weighted by Gasteiger charge is 2.45. The highest BCUT2D eigenvalue weighted by molar-refractivity contribution is 6.10. The van der Waals surface area contributed by atoms with Gasteiger partial charge in [0.05, 0.1) is 5.57 Å². The summed E-state index contributed by atoms with van der Waals surface area (Å²) in [7, 11) is 0. The minimum absolute atomic E-state index is 0.0812. The Kier molecular flexibility index (Phi) is 4.22. The minimum Gasteiger partial charge on any atom is -0.343 e. The molecule has 4 aliphatic rings. The van der Waals surface area contributed by atoms with Gasteiger partial charge in [-0.2, -0.15) is 0 Å². The van der Waals surface area contributed by atoms with E-state index in [1.54, 1.807) is 17.2 Å². The molecule has 0 spiro atoms. The summed E-state index contributed by atoms with van der Waals surface area (Å²) in [4.78, 5) is 39.2. The fraction of sp³-hybridized carbons (Fsp3) is 0.474. The highest BCUT2D eigenvalue weighted by Crippen LogP contribution is 2.26. The molecular weight excluding hydrogens is 334 g/mol. The number of piperazine rings is 1. The molecule has 0 radical (unpaired) electrons. The average molecular weight is 356 g/mol. The van der Waals surface area contributed by atoms with Gasteiger partial charge >= 0.3 is 0 Å². The van der Waals surface area contributed by atoms with Crippen LogP contribution in [0.3, 0.4) is 0 Å². The number of hydrogen-bond donors (Lipinski definition) is 2. The molecule has 0 saturated carbocycles. The van der Waals surface area contributed by atoms with Crippen LogP contribution in [0.25, 0.3) is 0 Å². The second-order valence-electron chi connectivity index (χ2n) is 7.12. The van der Waals surface area contributed by atoms with Crippen molar-refractivity contribution < 1.29 is 24.3 Å². The van der Waals surface area contributed by atoms with Gasteiger partial charge in [0.25, 0.3) is 6.04 Å². The van der Waals surface area contributed by atoms with Crippen molar-refractivity contribution in [2.45, 2.75) is 50.2 Å². The topological polar surface area (TPSA) is 89.7 Å². The second kappa shape index (κ2) is 6.55. The number of ketones is 1. The SMILES string of the molecule is O=C1C2=CCC=CC=C2C=[N+](O)C1CC[C@@H]1NC(=O)[C@@H]2CCCN2C1=O. The number of Topliss-reactive ketones (excluding diaryl/α,β-unsaturated/α-hetero) is 1. The van der Waals surface area contributed by atoms with Gasteiger partial charge < -0.3 is 10.2 Å². The number of nitrogens with zero attached hydrogens (tertiary/aromatic N) is 2. The van der Waals surface area contributed by atoms with Crippen molar-refractivity contribution in [3.05, 3.63) is 35.5 Å². The molecule has 7 nitrogen and oxygen atoms in total. The zero-order valence-corrected chi connectivity index (χ0v) is 14.4. The number of amides is 2. The Balaban J connectivity index is 1.48. The Morgan fingerprint density at radius 1 is 1.27 bits per heavy atom. The van der Waals surface area contributed by atoms with Crippen LogP contribution in [0.15, 0.2) is 35.5 Å². The summed E-state index contributed by atoms with van der Waals surface area (Å²) < 4.78 is 0.929. The van der Waals surface area contributed by atoms with Crippen LogP contribution >= 0.6 is 0 Å². The lowest BCUT2D eigenvalue weighted by atomic mass is 9.90. The molecule has 26 heavy (non-hydrogen) atoms. The van der Waals surface area contributed by atoms with Crippen molar-refractivity contribution >= 4 is 23.8 Å². The van der Waals surface area contributed by atoms with Gasteiger partial charge in [0.2, 0.25) is 23.8 Å². The third-order valence-electron chi connectivity index (χ3n) is 5.52. The van der Waals surface area contributed by atoms with E-state index >= 15 is 0 Å². The molecule has 0 aromatic rings.